The fraction of sp³-hybridized carbons (Fsp3) is 0.154. The third-order valence-corrected chi connectivity index (χ3v) is 2.46. The van der Waals surface area contributed by atoms with Gasteiger partial charge in [-0.1, -0.05) is 0 Å². The topological polar surface area (TPSA) is 69.2 Å². The van der Waals surface area contributed by atoms with E-state index in [1.54, 1.807) is 12.1 Å². The number of nitrogens with zero attached hydrogens (tertiary/aromatic N) is 1. The van der Waals surface area contributed by atoms with Crippen LogP contribution in [-0.2, 0) is 0 Å². The van der Waals surface area contributed by atoms with Crippen LogP contribution in [0.25, 0.3) is 0 Å². The van der Waals surface area contributed by atoms with Gasteiger partial charge in [0.05, 0.1) is 23.6 Å². The Bertz CT molecular complexity index is 561. The van der Waals surface area contributed by atoms with Crippen LogP contribution in [0, 0.1) is 17.1 Å². The van der Waals surface area contributed by atoms with Crippen molar-refractivity contribution in [3.63, 3.8) is 0 Å². The maximum Gasteiger partial charge on any atom is 0.147 e. The van der Waals surface area contributed by atoms with Gasteiger partial charge in [-0.3, -0.25) is 0 Å². The highest BCUT2D eigenvalue weighted by Gasteiger charge is 2.11. The van der Waals surface area contributed by atoms with Crippen LogP contribution in [0.4, 0.5) is 10.1 Å². The average molecular weight is 246 g/mol. The van der Waals surface area contributed by atoms with Crippen molar-refractivity contribution < 1.29 is 13.9 Å². The van der Waals surface area contributed by atoms with Gasteiger partial charge in [-0.2, -0.15) is 5.26 Å². The van der Waals surface area contributed by atoms with E-state index in [2.05, 4.69) is 5.32 Å². The molecular weight excluding hydrogens is 235 g/mol. The van der Waals surface area contributed by atoms with Crippen LogP contribution in [-0.4, -0.2) is 11.7 Å². The highest BCUT2D eigenvalue weighted by Crippen LogP contribution is 2.18. The zero-order valence-electron chi connectivity index (χ0n) is 9.43. The second-order valence-corrected chi connectivity index (χ2v) is 3.72. The predicted molar refractivity (Wildman–Crippen MR) is 63.3 cm³/mol. The molecule has 1 aromatic heterocycles. The number of halogens is 1. The lowest BCUT2D eigenvalue weighted by Gasteiger charge is -2.11. The summed E-state index contributed by atoms with van der Waals surface area (Å²) in [6, 6.07) is 9.26. The van der Waals surface area contributed by atoms with Crippen LogP contribution in [0.3, 0.4) is 0 Å². The van der Waals surface area contributed by atoms with Crippen molar-refractivity contribution >= 4 is 5.69 Å². The van der Waals surface area contributed by atoms with Crippen molar-refractivity contribution in [1.29, 1.82) is 5.26 Å². The van der Waals surface area contributed by atoms with Gasteiger partial charge in [-0.05, 0) is 30.3 Å². The van der Waals surface area contributed by atoms with E-state index in [9.17, 15) is 9.50 Å². The molecule has 0 bridgehead atoms. The standard InChI is InChI=1S/C13H11FN2O2/c14-10-6-9(7-15)3-4-11(10)16-8-12(17)13-2-1-5-18-13/h1-6,12,16-17H,8H2. The Labute approximate surface area is 103 Å². The number of benzene rings is 1. The molecule has 0 saturated heterocycles. The minimum absolute atomic E-state index is 0.121. The molecule has 2 aromatic rings. The van der Waals surface area contributed by atoms with Crippen LogP contribution in [0.1, 0.15) is 17.4 Å². The van der Waals surface area contributed by atoms with Crippen molar-refractivity contribution in [1.82, 2.24) is 0 Å². The number of anilines is 1. The zero-order chi connectivity index (χ0) is 13.0. The second kappa shape index (κ2) is 5.34. The van der Waals surface area contributed by atoms with Crippen molar-refractivity contribution in [2.24, 2.45) is 0 Å². The number of aliphatic hydroxyl groups is 1. The molecule has 2 rings (SSSR count). The van der Waals surface area contributed by atoms with Gasteiger partial charge in [0, 0.05) is 6.54 Å². The Morgan fingerprint density at radius 2 is 2.28 bits per heavy atom. The molecule has 1 unspecified atom stereocenters. The van der Waals surface area contributed by atoms with E-state index in [1.165, 1.54) is 18.4 Å². The van der Waals surface area contributed by atoms with Gasteiger partial charge in [-0.25, -0.2) is 4.39 Å². The SMILES string of the molecule is N#Cc1ccc(NCC(O)c2ccco2)c(F)c1. The van der Waals surface area contributed by atoms with Crippen molar-refractivity contribution in [3.8, 4) is 6.07 Å². The first kappa shape index (κ1) is 12.1. The maximum absolute atomic E-state index is 13.5. The first-order valence-corrected chi connectivity index (χ1v) is 5.35. The summed E-state index contributed by atoms with van der Waals surface area (Å²) in [4.78, 5) is 0. The molecule has 0 amide bonds. The summed E-state index contributed by atoms with van der Waals surface area (Å²) in [7, 11) is 0. The fourth-order valence-electron chi connectivity index (χ4n) is 1.52. The van der Waals surface area contributed by atoms with Crippen LogP contribution in [0.15, 0.2) is 41.0 Å². The van der Waals surface area contributed by atoms with E-state index in [4.69, 9.17) is 9.68 Å². The van der Waals surface area contributed by atoms with Gasteiger partial charge in [0.15, 0.2) is 0 Å². The summed E-state index contributed by atoms with van der Waals surface area (Å²) in [5, 5.41) is 21.1. The van der Waals surface area contributed by atoms with E-state index in [-0.39, 0.29) is 17.8 Å². The predicted octanol–water partition coefficient (Wildman–Crippen LogP) is 2.44. The molecule has 1 aromatic carbocycles. The number of furan rings is 1. The van der Waals surface area contributed by atoms with E-state index in [0.29, 0.717) is 5.76 Å². The molecule has 0 spiro atoms. The number of hydrogen-bond acceptors (Lipinski definition) is 4. The maximum atomic E-state index is 13.5. The van der Waals surface area contributed by atoms with Gasteiger partial charge < -0.3 is 14.8 Å². The highest BCUT2D eigenvalue weighted by molar-refractivity contribution is 5.48. The molecule has 0 aliphatic carbocycles. The Hall–Kier alpha value is -2.32. The molecule has 0 saturated carbocycles. The Morgan fingerprint density at radius 3 is 2.89 bits per heavy atom. The Morgan fingerprint density at radius 1 is 1.44 bits per heavy atom. The second-order valence-electron chi connectivity index (χ2n) is 3.72. The number of hydrogen-bond donors (Lipinski definition) is 2. The van der Waals surface area contributed by atoms with Crippen LogP contribution >= 0.6 is 0 Å². The number of nitrogens with one attached hydrogen (secondary N) is 1. The molecule has 0 fully saturated rings. The molecule has 0 aliphatic rings. The average Bonchev–Trinajstić information content (AvgIpc) is 2.90. The monoisotopic (exact) mass is 246 g/mol. The van der Waals surface area contributed by atoms with Crippen molar-refractivity contribution in [2.45, 2.75) is 6.10 Å². The lowest BCUT2D eigenvalue weighted by Crippen LogP contribution is -2.12. The van der Waals surface area contributed by atoms with Crippen LogP contribution < -0.4 is 5.32 Å². The lowest BCUT2D eigenvalue weighted by molar-refractivity contribution is 0.162. The van der Waals surface area contributed by atoms with Crippen molar-refractivity contribution in [3.05, 3.63) is 53.7 Å². The highest BCUT2D eigenvalue weighted by atomic mass is 19.1. The van der Waals surface area contributed by atoms with E-state index < -0.39 is 11.9 Å². The van der Waals surface area contributed by atoms with E-state index >= 15 is 0 Å². The minimum atomic E-state index is -0.852. The van der Waals surface area contributed by atoms with E-state index in [0.717, 1.165) is 6.07 Å². The minimum Gasteiger partial charge on any atom is -0.467 e. The summed E-state index contributed by atoms with van der Waals surface area (Å²) in [6.45, 7) is 0.121. The molecule has 1 atom stereocenters. The molecular formula is C13H11FN2O2. The van der Waals surface area contributed by atoms with Crippen molar-refractivity contribution in [2.75, 3.05) is 11.9 Å². The van der Waals surface area contributed by atoms with Crippen LogP contribution in [0.5, 0.6) is 0 Å². The largest absolute Gasteiger partial charge is 0.467 e. The molecule has 92 valence electrons. The van der Waals surface area contributed by atoms with Gasteiger partial charge in [0.2, 0.25) is 0 Å². The Kier molecular flexibility index (Phi) is 3.60. The molecule has 0 radical (unpaired) electrons. The third-order valence-electron chi connectivity index (χ3n) is 2.46. The quantitative estimate of drug-likeness (QED) is 0.869. The number of nitriles is 1. The Balaban J connectivity index is 2.00. The fourth-order valence-corrected chi connectivity index (χ4v) is 1.52. The van der Waals surface area contributed by atoms with Gasteiger partial charge in [-0.15, -0.1) is 0 Å². The molecule has 1 heterocycles. The molecule has 0 aliphatic heterocycles. The van der Waals surface area contributed by atoms with Crippen LogP contribution in [0.2, 0.25) is 0 Å². The van der Waals surface area contributed by atoms with E-state index in [1.807, 2.05) is 6.07 Å². The summed E-state index contributed by atoms with van der Waals surface area (Å²) in [5.74, 6) is -0.114. The summed E-state index contributed by atoms with van der Waals surface area (Å²) >= 11 is 0. The molecule has 2 N–H and O–H groups in total. The summed E-state index contributed by atoms with van der Waals surface area (Å²) in [6.07, 6.45) is 0.607. The first-order valence-electron chi connectivity index (χ1n) is 5.35. The third kappa shape index (κ3) is 2.67. The summed E-state index contributed by atoms with van der Waals surface area (Å²) < 4.78 is 18.5. The zero-order valence-corrected chi connectivity index (χ0v) is 9.43. The first-order chi connectivity index (χ1) is 8.70. The smallest absolute Gasteiger partial charge is 0.147 e. The molecule has 18 heavy (non-hydrogen) atoms. The van der Waals surface area contributed by atoms with Gasteiger partial charge in [0.25, 0.3) is 0 Å². The number of aliphatic hydroxyl groups excluding tert-OH is 1. The molecule has 5 heteroatoms. The van der Waals surface area contributed by atoms with Gasteiger partial charge >= 0.3 is 0 Å². The summed E-state index contributed by atoms with van der Waals surface area (Å²) in [5.41, 5.74) is 0.490. The normalized spacial score (nSPS) is 11.8. The lowest BCUT2D eigenvalue weighted by atomic mass is 10.2. The molecule has 4 nitrogen and oxygen atoms in total. The number of rotatable bonds is 4. The van der Waals surface area contributed by atoms with Gasteiger partial charge in [0.1, 0.15) is 17.7 Å².